The van der Waals surface area contributed by atoms with E-state index in [2.05, 4.69) is 20.5 Å². The number of nitrogens with zero attached hydrogens (tertiary/aromatic N) is 2. The van der Waals surface area contributed by atoms with E-state index in [1.807, 2.05) is 60.7 Å². The second-order valence-corrected chi connectivity index (χ2v) is 15.5. The van der Waals surface area contributed by atoms with Crippen LogP contribution >= 0.6 is 0 Å². The monoisotopic (exact) mass is 689 g/mol. The highest BCUT2D eigenvalue weighted by atomic mass is 32.2. The molecule has 0 bridgehead atoms. The number of hydrogen-bond donors (Lipinski definition) is 4. The first-order chi connectivity index (χ1) is 23.6. The van der Waals surface area contributed by atoms with Gasteiger partial charge in [0.2, 0.25) is 21.8 Å². The molecule has 2 saturated carbocycles. The van der Waals surface area contributed by atoms with Gasteiger partial charge in [-0.2, -0.15) is 0 Å². The van der Waals surface area contributed by atoms with Crippen molar-refractivity contribution in [2.24, 2.45) is 11.1 Å². The number of benzene rings is 2. The van der Waals surface area contributed by atoms with Crippen molar-refractivity contribution in [1.29, 1.82) is 0 Å². The highest BCUT2D eigenvalue weighted by molar-refractivity contribution is 7.91. The summed E-state index contributed by atoms with van der Waals surface area (Å²) in [7, 11) is -3.88. The van der Waals surface area contributed by atoms with Crippen LogP contribution in [0.4, 0.5) is 4.79 Å². The fraction of sp³-hybridized carbons (Fsp3) is 0.457. The molecular weight excluding hydrogens is 650 g/mol. The third-order valence-electron chi connectivity index (χ3n) is 10.1. The predicted molar refractivity (Wildman–Crippen MR) is 179 cm³/mol. The number of amides is 4. The Morgan fingerprint density at radius 3 is 2.29 bits per heavy atom. The van der Waals surface area contributed by atoms with E-state index in [1.54, 1.807) is 0 Å². The topological polar surface area (TPSA) is 184 Å². The zero-order valence-electron chi connectivity index (χ0n) is 26.8. The number of allylic oxidation sites excluding steroid dienone is 1. The number of sulfonamides is 1. The zero-order chi connectivity index (χ0) is 34.3. The lowest BCUT2D eigenvalue weighted by Gasteiger charge is -2.29. The number of carboxylic acid groups (broad SMARTS) is 1. The summed E-state index contributed by atoms with van der Waals surface area (Å²) in [6, 6.07) is 13.4. The molecule has 0 spiro atoms. The third kappa shape index (κ3) is 6.53. The molecule has 49 heavy (non-hydrogen) atoms. The van der Waals surface area contributed by atoms with Crippen LogP contribution in [0, 0.1) is 5.92 Å². The Hall–Kier alpha value is -4.72. The van der Waals surface area contributed by atoms with Crippen molar-refractivity contribution in [2.45, 2.75) is 86.8 Å². The van der Waals surface area contributed by atoms with Crippen molar-refractivity contribution in [3.8, 4) is 11.1 Å². The fourth-order valence-electron chi connectivity index (χ4n) is 7.21. The Bertz CT molecular complexity index is 1810. The van der Waals surface area contributed by atoms with Crippen LogP contribution in [0.25, 0.3) is 11.1 Å². The van der Waals surface area contributed by atoms with Gasteiger partial charge in [0.1, 0.15) is 29.4 Å². The molecular formula is C35H39N5O8S. The van der Waals surface area contributed by atoms with Gasteiger partial charge in [-0.1, -0.05) is 78.7 Å². The van der Waals surface area contributed by atoms with Crippen LogP contribution in [0.15, 0.2) is 65.8 Å². The van der Waals surface area contributed by atoms with E-state index in [-0.39, 0.29) is 25.8 Å². The fourth-order valence-corrected chi connectivity index (χ4v) is 8.57. The molecule has 5 atom stereocenters. The van der Waals surface area contributed by atoms with E-state index in [0.29, 0.717) is 31.4 Å². The Kier molecular flexibility index (Phi) is 8.67. The Labute approximate surface area is 284 Å². The van der Waals surface area contributed by atoms with Crippen molar-refractivity contribution < 1.29 is 37.5 Å². The number of carbonyl (C=O) groups excluding carboxylic acids is 3. The van der Waals surface area contributed by atoms with Crippen molar-refractivity contribution in [3.05, 3.63) is 71.8 Å². The van der Waals surface area contributed by atoms with Gasteiger partial charge >= 0.3 is 6.09 Å². The first kappa shape index (κ1) is 32.8. The Morgan fingerprint density at radius 1 is 0.959 bits per heavy atom. The van der Waals surface area contributed by atoms with Crippen molar-refractivity contribution in [1.82, 2.24) is 20.3 Å². The number of nitrogens with one attached hydrogen (secondary N) is 3. The van der Waals surface area contributed by atoms with E-state index in [9.17, 15) is 32.7 Å². The van der Waals surface area contributed by atoms with Gasteiger partial charge in [0.05, 0.1) is 11.8 Å². The summed E-state index contributed by atoms with van der Waals surface area (Å²) >= 11 is 0. The minimum absolute atomic E-state index is 0.0238. The molecule has 7 rings (SSSR count). The molecule has 2 aromatic carbocycles. The number of oxime groups is 1. The van der Waals surface area contributed by atoms with Gasteiger partial charge in [-0.15, -0.1) is 0 Å². The van der Waals surface area contributed by atoms with Crippen molar-refractivity contribution >= 4 is 39.5 Å². The van der Waals surface area contributed by atoms with Crippen LogP contribution in [0.3, 0.4) is 0 Å². The van der Waals surface area contributed by atoms with Gasteiger partial charge in [0.25, 0.3) is 5.91 Å². The van der Waals surface area contributed by atoms with Crippen molar-refractivity contribution in [2.75, 3.05) is 6.54 Å². The van der Waals surface area contributed by atoms with Crippen LogP contribution < -0.4 is 15.4 Å². The van der Waals surface area contributed by atoms with Gasteiger partial charge in [-0.25, -0.2) is 13.2 Å². The highest BCUT2D eigenvalue weighted by Gasteiger charge is 2.62. The molecule has 0 radical (unpaired) electrons. The zero-order valence-corrected chi connectivity index (χ0v) is 27.7. The molecule has 3 fully saturated rings. The molecule has 1 saturated heterocycles. The molecule has 2 heterocycles. The van der Waals surface area contributed by atoms with E-state index in [4.69, 9.17) is 4.84 Å². The van der Waals surface area contributed by atoms with Gasteiger partial charge in [-0.05, 0) is 49.7 Å². The van der Waals surface area contributed by atoms with Gasteiger partial charge in [0, 0.05) is 23.5 Å². The normalized spacial score (nSPS) is 28.7. The summed E-state index contributed by atoms with van der Waals surface area (Å²) < 4.78 is 27.6. The van der Waals surface area contributed by atoms with Gasteiger partial charge in [0.15, 0.2) is 0 Å². The molecule has 2 aliphatic heterocycles. The Balaban J connectivity index is 1.18. The minimum atomic E-state index is -3.88. The second kappa shape index (κ2) is 13.0. The smallest absolute Gasteiger partial charge is 0.405 e. The largest absolute Gasteiger partial charge is 0.465 e. The average molecular weight is 690 g/mol. The highest BCUT2D eigenvalue weighted by Crippen LogP contribution is 2.46. The summed E-state index contributed by atoms with van der Waals surface area (Å²) in [5.41, 5.74) is 2.92. The first-order valence-corrected chi connectivity index (χ1v) is 18.4. The molecule has 0 aromatic heterocycles. The van der Waals surface area contributed by atoms with Crippen LogP contribution in [0.5, 0.6) is 0 Å². The summed E-state index contributed by atoms with van der Waals surface area (Å²) in [5.74, 6) is -2.45. The molecule has 2 aromatic rings. The SMILES string of the molecule is O=C(O)N[C@H]1CCCCC/C=C\[C@@H]2C[C@@]2(C(=O)NS(=O)(=O)C2CC2)NC(=O)[C@@H]2C[C@@H](ON=C3c4ccccc4-c4ccccc43)CN2C1=O. The third-order valence-corrected chi connectivity index (χ3v) is 11.9. The van der Waals surface area contributed by atoms with Crippen LogP contribution in [-0.4, -0.2) is 83.5 Å². The summed E-state index contributed by atoms with van der Waals surface area (Å²) in [5, 5.41) is 18.6. The average Bonchev–Trinajstić information content (AvgIpc) is 3.98. The lowest BCUT2D eigenvalue weighted by atomic mass is 10.1. The molecule has 13 nitrogen and oxygen atoms in total. The lowest BCUT2D eigenvalue weighted by Crippen LogP contribution is -2.58. The van der Waals surface area contributed by atoms with Crippen molar-refractivity contribution in [3.63, 3.8) is 0 Å². The summed E-state index contributed by atoms with van der Waals surface area (Å²) in [6.07, 6.45) is 5.86. The predicted octanol–water partition coefficient (Wildman–Crippen LogP) is 3.05. The lowest BCUT2D eigenvalue weighted by molar-refractivity contribution is -0.141. The molecule has 14 heteroatoms. The van der Waals surface area contributed by atoms with E-state index < -0.39 is 68.7 Å². The Morgan fingerprint density at radius 2 is 1.63 bits per heavy atom. The number of hydrogen-bond acceptors (Lipinski definition) is 8. The number of rotatable bonds is 6. The van der Waals surface area contributed by atoms with Crippen LogP contribution in [-0.2, 0) is 29.2 Å². The maximum atomic E-state index is 14.1. The van der Waals surface area contributed by atoms with Gasteiger partial charge < -0.3 is 25.5 Å². The molecule has 4 amide bonds. The second-order valence-electron chi connectivity index (χ2n) is 13.5. The summed E-state index contributed by atoms with van der Waals surface area (Å²) in [4.78, 5) is 60.8. The quantitative estimate of drug-likeness (QED) is 0.225. The van der Waals surface area contributed by atoms with E-state index in [1.165, 1.54) is 4.90 Å². The molecule has 5 aliphatic rings. The molecule has 3 aliphatic carbocycles. The van der Waals surface area contributed by atoms with E-state index >= 15 is 0 Å². The molecule has 4 N–H and O–H groups in total. The van der Waals surface area contributed by atoms with Gasteiger partial charge in [-0.3, -0.25) is 19.1 Å². The van der Waals surface area contributed by atoms with Crippen LogP contribution in [0.1, 0.15) is 68.9 Å². The number of carbonyl (C=O) groups is 4. The first-order valence-electron chi connectivity index (χ1n) is 16.8. The molecule has 258 valence electrons. The molecule has 0 unspecified atom stereocenters. The van der Waals surface area contributed by atoms with Crippen LogP contribution in [0.2, 0.25) is 0 Å². The maximum absolute atomic E-state index is 14.1. The van der Waals surface area contributed by atoms with E-state index in [0.717, 1.165) is 35.1 Å². The number of fused-ring (bicyclic) bond motifs is 5. The summed E-state index contributed by atoms with van der Waals surface area (Å²) in [6.45, 7) is -0.0482. The minimum Gasteiger partial charge on any atom is -0.465 e. The maximum Gasteiger partial charge on any atom is 0.405 e. The standard InChI is InChI=1S/C35H39N5O8S/c41-31-29-18-22(48-38-30-26-13-8-6-11-24(26)25-12-7-9-14-27(25)30)20-40(29)32(42)28(36-34(44)45)15-5-3-1-2-4-10-21-19-35(21,37-31)33(43)39-49(46,47)23-16-17-23/h4,6-14,21-23,28-29,36H,1-3,5,15-20H2,(H,37,41)(H,39,43)(H,44,45)/b10-4-/t21-,22-,28+,29+,35-/m1/s1.